The largest absolute Gasteiger partial charge is 0.335 e. The number of nitrogens with one attached hydrogen (secondary N) is 2. The minimum Gasteiger partial charge on any atom is -0.335 e. The predicted molar refractivity (Wildman–Crippen MR) is 66.7 cm³/mol. The van der Waals surface area contributed by atoms with Crippen LogP contribution in [0.5, 0.6) is 0 Å². The monoisotopic (exact) mass is 288 g/mol. The zero-order valence-electron chi connectivity index (χ0n) is 11.1. The lowest BCUT2D eigenvalue weighted by Crippen LogP contribution is -2.44. The Labute approximate surface area is 114 Å². The van der Waals surface area contributed by atoms with Crippen LogP contribution >= 0.6 is 0 Å². The van der Waals surface area contributed by atoms with Crippen molar-refractivity contribution in [1.29, 1.82) is 0 Å². The number of hydrogen-bond acceptors (Lipinski definition) is 2. The Morgan fingerprint density at radius 3 is 2.15 bits per heavy atom. The number of urea groups is 1. The van der Waals surface area contributed by atoms with Gasteiger partial charge in [0, 0.05) is 12.1 Å². The molecule has 0 aliphatic heterocycles. The molecule has 0 fully saturated rings. The Morgan fingerprint density at radius 2 is 1.60 bits per heavy atom. The maximum absolute atomic E-state index is 13.3. The summed E-state index contributed by atoms with van der Waals surface area (Å²) in [5.41, 5.74) is -0.733. The van der Waals surface area contributed by atoms with E-state index in [1.165, 1.54) is 0 Å². The molecule has 0 heterocycles. The molecule has 4 nitrogen and oxygen atoms in total. The molecule has 0 unspecified atom stereocenters. The van der Waals surface area contributed by atoms with Gasteiger partial charge >= 0.3 is 6.03 Å². The summed E-state index contributed by atoms with van der Waals surface area (Å²) in [6, 6.07) is -0.279. The summed E-state index contributed by atoms with van der Waals surface area (Å²) in [6.07, 6.45) is 1.33. The third kappa shape index (κ3) is 3.97. The standard InChI is InChI=1S/C13H15F3N2O2/c1-3-7(4-2)17-13(20)18-12(19)8-5-10(15)11(16)6-9(8)14/h5-7H,3-4H2,1-2H3,(H2,17,18,19,20). The molecule has 0 saturated carbocycles. The van der Waals surface area contributed by atoms with Gasteiger partial charge in [-0.2, -0.15) is 0 Å². The lowest BCUT2D eigenvalue weighted by molar-refractivity contribution is 0.0958. The summed E-state index contributed by atoms with van der Waals surface area (Å²) in [4.78, 5) is 23.1. The third-order valence-corrected chi connectivity index (χ3v) is 2.80. The highest BCUT2D eigenvalue weighted by Crippen LogP contribution is 2.13. The summed E-state index contributed by atoms with van der Waals surface area (Å²) in [5.74, 6) is -5.14. The van der Waals surface area contributed by atoms with Crippen LogP contribution in [0.4, 0.5) is 18.0 Å². The van der Waals surface area contributed by atoms with Crippen LogP contribution in [0.3, 0.4) is 0 Å². The van der Waals surface area contributed by atoms with Gasteiger partial charge in [0.25, 0.3) is 5.91 Å². The number of imide groups is 1. The maximum Gasteiger partial charge on any atom is 0.321 e. The van der Waals surface area contributed by atoms with Gasteiger partial charge in [-0.15, -0.1) is 0 Å². The fourth-order valence-corrected chi connectivity index (χ4v) is 1.58. The van der Waals surface area contributed by atoms with E-state index in [1.54, 1.807) is 0 Å². The van der Waals surface area contributed by atoms with Crippen LogP contribution in [0.2, 0.25) is 0 Å². The Kier molecular flexibility index (Phi) is 5.54. The molecular formula is C13H15F3N2O2. The second kappa shape index (κ2) is 6.93. The SMILES string of the molecule is CCC(CC)NC(=O)NC(=O)c1cc(F)c(F)cc1F. The summed E-state index contributed by atoms with van der Waals surface area (Å²) >= 11 is 0. The first-order valence-electron chi connectivity index (χ1n) is 6.15. The summed E-state index contributed by atoms with van der Waals surface area (Å²) in [7, 11) is 0. The first kappa shape index (κ1) is 16.0. The highest BCUT2D eigenvalue weighted by atomic mass is 19.2. The zero-order chi connectivity index (χ0) is 15.3. The Balaban J connectivity index is 2.77. The van der Waals surface area contributed by atoms with E-state index in [0.717, 1.165) is 0 Å². The Hall–Kier alpha value is -2.05. The normalized spacial score (nSPS) is 10.5. The van der Waals surface area contributed by atoms with E-state index in [0.29, 0.717) is 18.9 Å². The van der Waals surface area contributed by atoms with Crippen LogP contribution < -0.4 is 10.6 Å². The van der Waals surface area contributed by atoms with Gasteiger partial charge in [0.1, 0.15) is 5.82 Å². The average Bonchev–Trinajstić information content (AvgIpc) is 2.39. The number of amides is 3. The van der Waals surface area contributed by atoms with Crippen LogP contribution in [-0.4, -0.2) is 18.0 Å². The molecule has 0 radical (unpaired) electrons. The van der Waals surface area contributed by atoms with Gasteiger partial charge in [-0.3, -0.25) is 10.1 Å². The molecule has 0 saturated heterocycles. The minimum atomic E-state index is -1.40. The van der Waals surface area contributed by atoms with E-state index in [2.05, 4.69) is 5.32 Å². The molecule has 1 rings (SSSR count). The first-order chi connectivity index (χ1) is 9.38. The molecule has 2 N–H and O–H groups in total. The number of rotatable bonds is 4. The van der Waals surface area contributed by atoms with E-state index in [1.807, 2.05) is 19.2 Å². The second-order valence-electron chi connectivity index (χ2n) is 4.19. The third-order valence-electron chi connectivity index (χ3n) is 2.80. The second-order valence-corrected chi connectivity index (χ2v) is 4.19. The van der Waals surface area contributed by atoms with Crippen molar-refractivity contribution in [2.45, 2.75) is 32.7 Å². The minimum absolute atomic E-state index is 0.127. The van der Waals surface area contributed by atoms with E-state index in [-0.39, 0.29) is 12.1 Å². The van der Waals surface area contributed by atoms with Crippen LogP contribution in [0, 0.1) is 17.5 Å². The van der Waals surface area contributed by atoms with E-state index in [9.17, 15) is 22.8 Å². The molecule has 0 aliphatic carbocycles. The van der Waals surface area contributed by atoms with Gasteiger partial charge in [-0.1, -0.05) is 13.8 Å². The molecule has 0 aliphatic rings. The predicted octanol–water partition coefficient (Wildman–Crippen LogP) is 2.73. The van der Waals surface area contributed by atoms with Crippen molar-refractivity contribution < 1.29 is 22.8 Å². The van der Waals surface area contributed by atoms with Crippen LogP contribution in [-0.2, 0) is 0 Å². The molecule has 7 heteroatoms. The first-order valence-corrected chi connectivity index (χ1v) is 6.15. The molecular weight excluding hydrogens is 273 g/mol. The van der Waals surface area contributed by atoms with Crippen LogP contribution in [0.1, 0.15) is 37.0 Å². The average molecular weight is 288 g/mol. The highest BCUT2D eigenvalue weighted by molar-refractivity contribution is 6.04. The molecule has 1 aromatic carbocycles. The van der Waals surface area contributed by atoms with Gasteiger partial charge in [-0.05, 0) is 18.9 Å². The number of hydrogen-bond donors (Lipinski definition) is 2. The number of carbonyl (C=O) groups is 2. The van der Waals surface area contributed by atoms with Gasteiger partial charge in [0.05, 0.1) is 5.56 Å². The molecule has 0 bridgehead atoms. The van der Waals surface area contributed by atoms with E-state index < -0.39 is 35.0 Å². The number of benzene rings is 1. The summed E-state index contributed by atoms with van der Waals surface area (Å²) < 4.78 is 39.0. The van der Waals surface area contributed by atoms with Gasteiger partial charge < -0.3 is 5.32 Å². The van der Waals surface area contributed by atoms with Crippen LogP contribution in [0.25, 0.3) is 0 Å². The molecule has 20 heavy (non-hydrogen) atoms. The lowest BCUT2D eigenvalue weighted by Gasteiger charge is -2.14. The van der Waals surface area contributed by atoms with Gasteiger partial charge in [0.2, 0.25) is 0 Å². The van der Waals surface area contributed by atoms with Gasteiger partial charge in [0.15, 0.2) is 11.6 Å². The van der Waals surface area contributed by atoms with Crippen molar-refractivity contribution in [3.05, 3.63) is 35.1 Å². The molecule has 0 atom stereocenters. The fourth-order valence-electron chi connectivity index (χ4n) is 1.58. The number of halogens is 3. The molecule has 0 spiro atoms. The molecule has 0 aromatic heterocycles. The Bertz CT molecular complexity index is 517. The summed E-state index contributed by atoms with van der Waals surface area (Å²) in [6.45, 7) is 3.70. The van der Waals surface area contributed by atoms with E-state index in [4.69, 9.17) is 0 Å². The molecule has 110 valence electrons. The maximum atomic E-state index is 13.3. The van der Waals surface area contributed by atoms with E-state index >= 15 is 0 Å². The quantitative estimate of drug-likeness (QED) is 0.837. The van der Waals surface area contributed by atoms with Crippen molar-refractivity contribution in [2.24, 2.45) is 0 Å². The van der Waals surface area contributed by atoms with Crippen molar-refractivity contribution in [2.75, 3.05) is 0 Å². The Morgan fingerprint density at radius 1 is 1.05 bits per heavy atom. The van der Waals surface area contributed by atoms with Gasteiger partial charge in [-0.25, -0.2) is 18.0 Å². The smallest absolute Gasteiger partial charge is 0.321 e. The van der Waals surface area contributed by atoms with Crippen molar-refractivity contribution in [3.8, 4) is 0 Å². The van der Waals surface area contributed by atoms with Crippen molar-refractivity contribution in [3.63, 3.8) is 0 Å². The molecule has 3 amide bonds. The zero-order valence-corrected chi connectivity index (χ0v) is 11.1. The molecule has 1 aromatic rings. The van der Waals surface area contributed by atoms with Crippen molar-refractivity contribution in [1.82, 2.24) is 10.6 Å². The topological polar surface area (TPSA) is 58.2 Å². The lowest BCUT2D eigenvalue weighted by atomic mass is 10.1. The summed E-state index contributed by atoms with van der Waals surface area (Å²) in [5, 5.41) is 4.37. The number of carbonyl (C=O) groups excluding carboxylic acids is 2. The highest BCUT2D eigenvalue weighted by Gasteiger charge is 2.19. The van der Waals surface area contributed by atoms with Crippen molar-refractivity contribution >= 4 is 11.9 Å². The van der Waals surface area contributed by atoms with Crippen LogP contribution in [0.15, 0.2) is 12.1 Å². The fraction of sp³-hybridized carbons (Fsp3) is 0.385.